The summed E-state index contributed by atoms with van der Waals surface area (Å²) >= 11 is 1.63. The minimum absolute atomic E-state index is 0.322. The molecule has 2 nitrogen and oxygen atoms in total. The molecule has 18 heavy (non-hydrogen) atoms. The van der Waals surface area contributed by atoms with Crippen LogP contribution in [0.1, 0.15) is 23.0 Å². The molecule has 3 rings (SSSR count). The van der Waals surface area contributed by atoms with Crippen molar-refractivity contribution in [2.75, 3.05) is 18.0 Å². The van der Waals surface area contributed by atoms with Crippen LogP contribution >= 0.6 is 11.3 Å². The second kappa shape index (κ2) is 5.12. The van der Waals surface area contributed by atoms with Crippen molar-refractivity contribution in [2.45, 2.75) is 18.9 Å². The highest BCUT2D eigenvalue weighted by atomic mass is 32.1. The maximum Gasteiger partial charge on any atom is 0.0898 e. The lowest BCUT2D eigenvalue weighted by molar-refractivity contribution is 0.173. The van der Waals surface area contributed by atoms with E-state index in [-0.39, 0.29) is 6.10 Å². The van der Waals surface area contributed by atoms with E-state index < -0.39 is 0 Å². The first-order chi connectivity index (χ1) is 8.84. The number of benzene rings is 1. The van der Waals surface area contributed by atoms with Crippen molar-refractivity contribution < 1.29 is 5.11 Å². The first kappa shape index (κ1) is 11.8. The lowest BCUT2D eigenvalue weighted by atomic mass is 10.2. The van der Waals surface area contributed by atoms with E-state index in [0.717, 1.165) is 30.8 Å². The normalized spacial score (nSPS) is 15.7. The van der Waals surface area contributed by atoms with Gasteiger partial charge in [0.25, 0.3) is 0 Å². The largest absolute Gasteiger partial charge is 0.388 e. The van der Waals surface area contributed by atoms with Crippen LogP contribution in [0.4, 0.5) is 5.69 Å². The fourth-order valence-corrected chi connectivity index (χ4v) is 3.29. The maximum atomic E-state index is 10.1. The molecule has 0 fully saturated rings. The van der Waals surface area contributed by atoms with Crippen LogP contribution in [0, 0.1) is 0 Å². The Morgan fingerprint density at radius 1 is 1.22 bits per heavy atom. The molecule has 1 aromatic heterocycles. The number of aliphatic hydroxyl groups is 1. The number of nitrogens with zero attached hydrogens (tertiary/aromatic N) is 1. The summed E-state index contributed by atoms with van der Waals surface area (Å²) in [5.74, 6) is 0. The van der Waals surface area contributed by atoms with Crippen LogP contribution in [-0.4, -0.2) is 18.2 Å². The summed E-state index contributed by atoms with van der Waals surface area (Å²) in [5, 5.41) is 12.1. The van der Waals surface area contributed by atoms with Gasteiger partial charge in [0.1, 0.15) is 0 Å². The zero-order valence-electron chi connectivity index (χ0n) is 10.2. The summed E-state index contributed by atoms with van der Waals surface area (Å²) < 4.78 is 0. The average molecular weight is 259 g/mol. The summed E-state index contributed by atoms with van der Waals surface area (Å²) in [7, 11) is 0. The Labute approximate surface area is 112 Å². The fraction of sp³-hybridized carbons (Fsp3) is 0.333. The van der Waals surface area contributed by atoms with Crippen molar-refractivity contribution in [3.8, 4) is 0 Å². The fourth-order valence-electron chi connectivity index (χ4n) is 2.54. The number of hydrogen-bond acceptors (Lipinski definition) is 3. The summed E-state index contributed by atoms with van der Waals surface area (Å²) in [5.41, 5.74) is 2.78. The molecule has 0 saturated carbocycles. The number of fused-ring (bicyclic) bond motifs is 1. The molecule has 0 aliphatic carbocycles. The number of para-hydroxylation sites is 1. The van der Waals surface area contributed by atoms with E-state index in [1.54, 1.807) is 11.3 Å². The highest BCUT2D eigenvalue weighted by molar-refractivity contribution is 7.10. The van der Waals surface area contributed by atoms with Gasteiger partial charge >= 0.3 is 0 Å². The van der Waals surface area contributed by atoms with E-state index in [2.05, 4.69) is 29.2 Å². The average Bonchev–Trinajstić information content (AvgIpc) is 3.06. The van der Waals surface area contributed by atoms with E-state index >= 15 is 0 Å². The predicted molar refractivity (Wildman–Crippen MR) is 76.3 cm³/mol. The van der Waals surface area contributed by atoms with Gasteiger partial charge in [-0.25, -0.2) is 0 Å². The molecule has 1 aliphatic rings. The molecule has 0 amide bonds. The minimum atomic E-state index is -0.322. The number of thiophene rings is 1. The lowest BCUT2D eigenvalue weighted by Gasteiger charge is -2.20. The molecule has 3 heteroatoms. The SMILES string of the molecule is OC(CCN1CCc2ccccc21)c1cccs1. The van der Waals surface area contributed by atoms with Gasteiger partial charge in [-0.1, -0.05) is 24.3 Å². The Morgan fingerprint density at radius 3 is 2.94 bits per heavy atom. The van der Waals surface area contributed by atoms with Gasteiger partial charge in [0.15, 0.2) is 0 Å². The second-order valence-corrected chi connectivity index (χ2v) is 5.66. The Kier molecular flexibility index (Phi) is 3.35. The van der Waals surface area contributed by atoms with Gasteiger partial charge in [-0.2, -0.15) is 0 Å². The van der Waals surface area contributed by atoms with E-state index in [9.17, 15) is 5.11 Å². The van der Waals surface area contributed by atoms with Crippen LogP contribution in [0.25, 0.3) is 0 Å². The van der Waals surface area contributed by atoms with Gasteiger partial charge in [0, 0.05) is 23.7 Å². The maximum absolute atomic E-state index is 10.1. The Bertz CT molecular complexity index is 509. The molecule has 0 saturated heterocycles. The van der Waals surface area contributed by atoms with Gasteiger partial charge in [0.05, 0.1) is 6.10 Å². The number of hydrogen-bond donors (Lipinski definition) is 1. The summed E-state index contributed by atoms with van der Waals surface area (Å²) in [6.07, 6.45) is 1.61. The highest BCUT2D eigenvalue weighted by Gasteiger charge is 2.19. The molecule has 1 atom stereocenters. The van der Waals surface area contributed by atoms with E-state index in [1.807, 2.05) is 17.5 Å². The monoisotopic (exact) mass is 259 g/mol. The summed E-state index contributed by atoms with van der Waals surface area (Å²) in [4.78, 5) is 3.45. The molecule has 1 aromatic carbocycles. The number of anilines is 1. The molecular weight excluding hydrogens is 242 g/mol. The van der Waals surface area contributed by atoms with Crippen molar-refractivity contribution in [3.05, 3.63) is 52.2 Å². The molecule has 94 valence electrons. The van der Waals surface area contributed by atoms with E-state index in [0.29, 0.717) is 0 Å². The Hall–Kier alpha value is -1.32. The Morgan fingerprint density at radius 2 is 2.11 bits per heavy atom. The first-order valence-electron chi connectivity index (χ1n) is 6.39. The first-order valence-corrected chi connectivity index (χ1v) is 7.27. The molecule has 0 spiro atoms. The molecule has 2 aromatic rings. The third-order valence-electron chi connectivity index (χ3n) is 3.53. The Balaban J connectivity index is 1.62. The van der Waals surface area contributed by atoms with Crippen LogP contribution in [0.15, 0.2) is 41.8 Å². The lowest BCUT2D eigenvalue weighted by Crippen LogP contribution is -2.23. The molecule has 1 aliphatic heterocycles. The van der Waals surface area contributed by atoms with Gasteiger partial charge in [-0.15, -0.1) is 11.3 Å². The van der Waals surface area contributed by atoms with Crippen LogP contribution < -0.4 is 4.90 Å². The van der Waals surface area contributed by atoms with Crippen molar-refractivity contribution in [1.29, 1.82) is 0 Å². The topological polar surface area (TPSA) is 23.5 Å². The van der Waals surface area contributed by atoms with Crippen LogP contribution in [0.5, 0.6) is 0 Å². The zero-order valence-corrected chi connectivity index (χ0v) is 11.1. The molecule has 1 unspecified atom stereocenters. The molecule has 1 N–H and O–H groups in total. The van der Waals surface area contributed by atoms with Crippen molar-refractivity contribution in [1.82, 2.24) is 0 Å². The number of aliphatic hydroxyl groups excluding tert-OH is 1. The van der Waals surface area contributed by atoms with Crippen molar-refractivity contribution >= 4 is 17.0 Å². The third-order valence-corrected chi connectivity index (χ3v) is 4.50. The van der Waals surface area contributed by atoms with Gasteiger partial charge in [-0.05, 0) is 35.9 Å². The van der Waals surface area contributed by atoms with Gasteiger partial charge in [-0.3, -0.25) is 0 Å². The van der Waals surface area contributed by atoms with E-state index in [4.69, 9.17) is 0 Å². The smallest absolute Gasteiger partial charge is 0.0898 e. The quantitative estimate of drug-likeness (QED) is 0.911. The predicted octanol–water partition coefficient (Wildman–Crippen LogP) is 3.23. The standard InChI is InChI=1S/C15H17NOS/c17-14(15-6-3-11-18-15)8-10-16-9-7-12-4-1-2-5-13(12)16/h1-6,11,14,17H,7-10H2. The highest BCUT2D eigenvalue weighted by Crippen LogP contribution is 2.29. The number of rotatable bonds is 4. The zero-order chi connectivity index (χ0) is 12.4. The molecule has 2 heterocycles. The molecule has 0 radical (unpaired) electrons. The minimum Gasteiger partial charge on any atom is -0.388 e. The van der Waals surface area contributed by atoms with Crippen molar-refractivity contribution in [2.24, 2.45) is 0 Å². The van der Waals surface area contributed by atoms with E-state index in [1.165, 1.54) is 11.3 Å². The summed E-state index contributed by atoms with van der Waals surface area (Å²) in [6, 6.07) is 12.6. The van der Waals surface area contributed by atoms with Crippen LogP contribution in [0.3, 0.4) is 0 Å². The third kappa shape index (κ3) is 2.28. The molecular formula is C15H17NOS. The summed E-state index contributed by atoms with van der Waals surface area (Å²) in [6.45, 7) is 2.01. The van der Waals surface area contributed by atoms with Crippen molar-refractivity contribution in [3.63, 3.8) is 0 Å². The van der Waals surface area contributed by atoms with Crippen LogP contribution in [0.2, 0.25) is 0 Å². The van der Waals surface area contributed by atoms with Gasteiger partial charge in [0.2, 0.25) is 0 Å². The second-order valence-electron chi connectivity index (χ2n) is 4.69. The van der Waals surface area contributed by atoms with Gasteiger partial charge < -0.3 is 10.0 Å². The molecule has 0 bridgehead atoms. The van der Waals surface area contributed by atoms with Crippen LogP contribution in [-0.2, 0) is 6.42 Å².